The van der Waals surface area contributed by atoms with E-state index in [4.69, 9.17) is 4.74 Å². The van der Waals surface area contributed by atoms with Gasteiger partial charge in [0.1, 0.15) is 11.6 Å². The summed E-state index contributed by atoms with van der Waals surface area (Å²) in [6.07, 6.45) is 3.84. The summed E-state index contributed by atoms with van der Waals surface area (Å²) in [4.78, 5) is 4.41. The number of nitrogens with one attached hydrogen (secondary N) is 1. The summed E-state index contributed by atoms with van der Waals surface area (Å²) < 4.78 is 8.51. The third-order valence-electron chi connectivity index (χ3n) is 3.06. The summed E-state index contributed by atoms with van der Waals surface area (Å²) >= 11 is 3.59. The van der Waals surface area contributed by atoms with Crippen LogP contribution in [0.5, 0.6) is 5.75 Å². The molecule has 0 saturated heterocycles. The zero-order chi connectivity index (χ0) is 14.5. The first-order valence-electron chi connectivity index (χ1n) is 6.66. The lowest BCUT2D eigenvalue weighted by Gasteiger charge is -2.12. The molecule has 0 aliphatic heterocycles. The van der Waals surface area contributed by atoms with Crippen LogP contribution in [0, 0.1) is 0 Å². The molecule has 0 aliphatic carbocycles. The van der Waals surface area contributed by atoms with E-state index < -0.39 is 0 Å². The third kappa shape index (κ3) is 3.84. The van der Waals surface area contributed by atoms with Crippen LogP contribution in [0.4, 0.5) is 0 Å². The van der Waals surface area contributed by atoms with Crippen molar-refractivity contribution in [2.45, 2.75) is 33.0 Å². The average molecular weight is 338 g/mol. The molecule has 5 heteroatoms. The van der Waals surface area contributed by atoms with Crippen molar-refractivity contribution in [3.05, 3.63) is 46.5 Å². The van der Waals surface area contributed by atoms with Crippen molar-refractivity contribution < 1.29 is 4.74 Å². The van der Waals surface area contributed by atoms with Crippen LogP contribution in [-0.2, 0) is 13.1 Å². The first-order chi connectivity index (χ1) is 9.60. The fraction of sp³-hybridized carbons (Fsp3) is 0.400. The quantitative estimate of drug-likeness (QED) is 0.879. The first-order valence-corrected chi connectivity index (χ1v) is 7.45. The standard InChI is InChI=1S/C15H20BrN3O/c1-11(2)18-9-15-17-6-7-19(15)10-12-8-13(20-3)4-5-14(12)16/h4-8,11,18H,9-10H2,1-3H3. The number of methoxy groups -OCH3 is 1. The lowest BCUT2D eigenvalue weighted by atomic mass is 10.2. The van der Waals surface area contributed by atoms with Crippen LogP contribution in [0.3, 0.4) is 0 Å². The lowest BCUT2D eigenvalue weighted by Crippen LogP contribution is -2.24. The normalized spacial score (nSPS) is 11.1. The molecule has 0 unspecified atom stereocenters. The Morgan fingerprint density at radius 3 is 2.90 bits per heavy atom. The zero-order valence-corrected chi connectivity index (χ0v) is 13.6. The van der Waals surface area contributed by atoms with Gasteiger partial charge in [-0.3, -0.25) is 0 Å². The molecule has 0 spiro atoms. The predicted molar refractivity (Wildman–Crippen MR) is 84.0 cm³/mol. The molecule has 4 nitrogen and oxygen atoms in total. The molecule has 0 bridgehead atoms. The van der Waals surface area contributed by atoms with E-state index in [1.807, 2.05) is 30.6 Å². The Morgan fingerprint density at radius 2 is 2.20 bits per heavy atom. The molecule has 1 heterocycles. The molecule has 1 aromatic heterocycles. The summed E-state index contributed by atoms with van der Waals surface area (Å²) in [5.74, 6) is 1.90. The van der Waals surface area contributed by atoms with Crippen molar-refractivity contribution in [2.75, 3.05) is 7.11 Å². The maximum absolute atomic E-state index is 5.28. The molecule has 2 aromatic rings. The monoisotopic (exact) mass is 337 g/mol. The van der Waals surface area contributed by atoms with Crippen LogP contribution in [0.25, 0.3) is 0 Å². The number of hydrogen-bond donors (Lipinski definition) is 1. The Balaban J connectivity index is 2.16. The van der Waals surface area contributed by atoms with E-state index in [2.05, 4.69) is 44.6 Å². The second-order valence-corrected chi connectivity index (χ2v) is 5.82. The van der Waals surface area contributed by atoms with Crippen LogP contribution in [0.2, 0.25) is 0 Å². The summed E-state index contributed by atoms with van der Waals surface area (Å²) in [6.45, 7) is 5.80. The minimum absolute atomic E-state index is 0.448. The Bertz CT molecular complexity index is 566. The van der Waals surface area contributed by atoms with Crippen molar-refractivity contribution in [2.24, 2.45) is 0 Å². The maximum atomic E-state index is 5.28. The number of rotatable bonds is 6. The summed E-state index contributed by atoms with van der Waals surface area (Å²) in [5, 5.41) is 3.39. The number of benzene rings is 1. The predicted octanol–water partition coefficient (Wildman–Crippen LogP) is 3.20. The van der Waals surface area contributed by atoms with E-state index in [0.29, 0.717) is 6.04 Å². The SMILES string of the molecule is COc1ccc(Br)c(Cn2ccnc2CNC(C)C)c1. The summed E-state index contributed by atoms with van der Waals surface area (Å²) in [7, 11) is 1.68. The Kier molecular flexibility index (Phi) is 5.20. The molecule has 20 heavy (non-hydrogen) atoms. The van der Waals surface area contributed by atoms with E-state index in [-0.39, 0.29) is 0 Å². The number of aromatic nitrogens is 2. The molecule has 0 aliphatic rings. The van der Waals surface area contributed by atoms with Crippen LogP contribution in [0.1, 0.15) is 25.2 Å². The van der Waals surface area contributed by atoms with Crippen LogP contribution >= 0.6 is 15.9 Å². The molecule has 0 saturated carbocycles. The second-order valence-electron chi connectivity index (χ2n) is 4.96. The van der Waals surface area contributed by atoms with Gasteiger partial charge in [0.05, 0.1) is 20.2 Å². The smallest absolute Gasteiger partial charge is 0.122 e. The summed E-state index contributed by atoms with van der Waals surface area (Å²) in [6, 6.07) is 6.45. The van der Waals surface area contributed by atoms with Crippen molar-refractivity contribution in [1.82, 2.24) is 14.9 Å². The molecule has 0 fully saturated rings. The van der Waals surface area contributed by atoms with Gasteiger partial charge in [-0.15, -0.1) is 0 Å². The Labute approximate surface area is 128 Å². The van der Waals surface area contributed by atoms with Gasteiger partial charge in [-0.1, -0.05) is 29.8 Å². The number of halogens is 1. The molecule has 0 amide bonds. The molecule has 108 valence electrons. The van der Waals surface area contributed by atoms with Gasteiger partial charge in [-0.05, 0) is 23.8 Å². The first kappa shape index (κ1) is 15.1. The highest BCUT2D eigenvalue weighted by molar-refractivity contribution is 9.10. The Morgan fingerprint density at radius 1 is 1.40 bits per heavy atom. The topological polar surface area (TPSA) is 39.1 Å². The number of hydrogen-bond acceptors (Lipinski definition) is 3. The van der Waals surface area contributed by atoms with Crippen molar-refractivity contribution >= 4 is 15.9 Å². The van der Waals surface area contributed by atoms with Crippen molar-refractivity contribution in [1.29, 1.82) is 0 Å². The fourth-order valence-corrected chi connectivity index (χ4v) is 2.30. The van der Waals surface area contributed by atoms with Crippen LogP contribution in [0.15, 0.2) is 35.1 Å². The van der Waals surface area contributed by atoms with Gasteiger partial charge in [0.25, 0.3) is 0 Å². The molecule has 1 N–H and O–H groups in total. The largest absolute Gasteiger partial charge is 0.497 e. The van der Waals surface area contributed by atoms with Crippen LogP contribution in [-0.4, -0.2) is 22.7 Å². The molecular formula is C15H20BrN3O. The average Bonchev–Trinajstić information content (AvgIpc) is 2.86. The van der Waals surface area contributed by atoms with Crippen molar-refractivity contribution in [3.63, 3.8) is 0 Å². The number of nitrogens with zero attached hydrogens (tertiary/aromatic N) is 2. The lowest BCUT2D eigenvalue weighted by molar-refractivity contribution is 0.414. The van der Waals surface area contributed by atoms with E-state index in [1.165, 1.54) is 5.56 Å². The summed E-state index contributed by atoms with van der Waals surface area (Å²) in [5.41, 5.74) is 1.17. The van der Waals surface area contributed by atoms with E-state index in [0.717, 1.165) is 29.1 Å². The van der Waals surface area contributed by atoms with Gasteiger partial charge in [0.2, 0.25) is 0 Å². The van der Waals surface area contributed by atoms with Gasteiger partial charge >= 0.3 is 0 Å². The van der Waals surface area contributed by atoms with Gasteiger partial charge in [0.15, 0.2) is 0 Å². The fourth-order valence-electron chi connectivity index (χ4n) is 1.93. The zero-order valence-electron chi connectivity index (χ0n) is 12.1. The number of ether oxygens (including phenoxy) is 1. The maximum Gasteiger partial charge on any atom is 0.122 e. The van der Waals surface area contributed by atoms with Gasteiger partial charge in [-0.2, -0.15) is 0 Å². The molecule has 0 atom stereocenters. The highest BCUT2D eigenvalue weighted by Crippen LogP contribution is 2.23. The molecule has 2 rings (SSSR count). The van der Waals surface area contributed by atoms with E-state index >= 15 is 0 Å². The molecule has 0 radical (unpaired) electrons. The molecule has 1 aromatic carbocycles. The minimum atomic E-state index is 0.448. The Hall–Kier alpha value is -1.33. The van der Waals surface area contributed by atoms with Gasteiger partial charge in [-0.25, -0.2) is 4.98 Å². The highest BCUT2D eigenvalue weighted by Gasteiger charge is 2.07. The molecular weight excluding hydrogens is 318 g/mol. The third-order valence-corrected chi connectivity index (χ3v) is 3.84. The van der Waals surface area contributed by atoms with Crippen molar-refractivity contribution in [3.8, 4) is 5.75 Å². The highest BCUT2D eigenvalue weighted by atomic mass is 79.9. The van der Waals surface area contributed by atoms with E-state index in [9.17, 15) is 0 Å². The second kappa shape index (κ2) is 6.90. The minimum Gasteiger partial charge on any atom is -0.497 e. The number of imidazole rings is 1. The van der Waals surface area contributed by atoms with Gasteiger partial charge in [0, 0.05) is 22.9 Å². The van der Waals surface area contributed by atoms with E-state index in [1.54, 1.807) is 7.11 Å². The van der Waals surface area contributed by atoms with Crippen LogP contribution < -0.4 is 10.1 Å². The van der Waals surface area contributed by atoms with Gasteiger partial charge < -0.3 is 14.6 Å².